The van der Waals surface area contributed by atoms with Crippen molar-refractivity contribution >= 4 is 39.2 Å². The Bertz CT molecular complexity index is 1500. The highest BCUT2D eigenvalue weighted by Crippen LogP contribution is 2.36. The summed E-state index contributed by atoms with van der Waals surface area (Å²) in [6.07, 6.45) is 3.44. The van der Waals surface area contributed by atoms with E-state index in [1.807, 2.05) is 52.0 Å². The van der Waals surface area contributed by atoms with Crippen molar-refractivity contribution in [1.29, 1.82) is 52.6 Å². The zero-order valence-electron chi connectivity index (χ0n) is 36.7. The Labute approximate surface area is 398 Å². The number of nitrogens with zero attached hydrogens (tertiary/aromatic N) is 10. The monoisotopic (exact) mass is 855 g/mol. The zero-order chi connectivity index (χ0) is 47.1. The van der Waals surface area contributed by atoms with Gasteiger partial charge < -0.3 is 0 Å². The summed E-state index contributed by atoms with van der Waals surface area (Å²) in [5.74, 6) is -0.0572. The highest BCUT2D eigenvalue weighted by Gasteiger charge is 2.31. The van der Waals surface area contributed by atoms with Gasteiger partial charge in [0.1, 0.15) is 0 Å². The molecule has 0 amide bonds. The van der Waals surface area contributed by atoms with Crippen LogP contribution in [0.15, 0.2) is 24.3 Å². The number of allylic oxidation sites excluding steroid dienone is 2. The molecule has 0 aromatic rings. The number of nitriles is 10. The quantitative estimate of drug-likeness (QED) is 0.141. The van der Waals surface area contributed by atoms with Crippen LogP contribution >= 0.6 is 0 Å². The van der Waals surface area contributed by atoms with Gasteiger partial charge in [0.05, 0.1) is 111 Å². The van der Waals surface area contributed by atoms with Crippen molar-refractivity contribution in [2.75, 3.05) is 0 Å². The maximum Gasteiger partial charge on any atom is 0.0937 e. The zero-order valence-corrected chi connectivity index (χ0v) is 36.7. The maximum absolute atomic E-state index is 8.80. The minimum Gasteiger partial charge on any atom is -0.198 e. The van der Waals surface area contributed by atoms with Gasteiger partial charge in [0.25, 0.3) is 0 Å². The lowest BCUT2D eigenvalue weighted by Crippen LogP contribution is -2.22. The molecule has 340 valence electrons. The van der Waals surface area contributed by atoms with Gasteiger partial charge in [-0.05, 0) is 88.5 Å². The summed E-state index contributed by atoms with van der Waals surface area (Å²) in [5.41, 5.74) is -1.49. The topological polar surface area (TPSA) is 238 Å². The third-order valence-electron chi connectivity index (χ3n) is 6.94. The standard InChI is InChI=1S/2C9H13BN2.C8H11BN2.2C4H6BN.2C4H5N.6CH4/c2*1-8(2,6-11)4-9(3,5-10)7-12;1-7(4-10)3-8(2,5-9)6-11;2*1-4(2-5)3-6;2*1-4(2)3-5;;;;;;/h2*4-5H2,1-3H3;7H,3,5H2,1-2H3;2*4H,2H2,1H3;2*1H2,2H3;6*1H4. The Morgan fingerprint density at radius 1 is 0.429 bits per heavy atom. The lowest BCUT2D eigenvalue weighted by molar-refractivity contribution is 0.311. The molecule has 10 nitrogen and oxygen atoms in total. The smallest absolute Gasteiger partial charge is 0.0937 e. The van der Waals surface area contributed by atoms with Crippen molar-refractivity contribution in [2.45, 2.75) is 179 Å². The minimum atomic E-state index is -0.570. The van der Waals surface area contributed by atoms with Gasteiger partial charge in [-0.1, -0.05) is 103 Å². The molecule has 0 saturated carbocycles. The van der Waals surface area contributed by atoms with Crippen LogP contribution in [-0.4, -0.2) is 39.2 Å². The van der Waals surface area contributed by atoms with Gasteiger partial charge in [-0.15, -0.1) is 0 Å². The molecule has 0 aromatic carbocycles. The first-order valence-electron chi connectivity index (χ1n) is 17.9. The van der Waals surface area contributed by atoms with E-state index in [0.717, 1.165) is 0 Å². The van der Waals surface area contributed by atoms with E-state index in [0.29, 0.717) is 62.0 Å². The average molecular weight is 854 g/mol. The van der Waals surface area contributed by atoms with Crippen LogP contribution in [0.25, 0.3) is 0 Å². The molecule has 0 rings (SSSR count). The summed E-state index contributed by atoms with van der Waals surface area (Å²) >= 11 is 0. The summed E-state index contributed by atoms with van der Waals surface area (Å²) in [6.45, 7) is 28.0. The summed E-state index contributed by atoms with van der Waals surface area (Å²) < 4.78 is 0. The van der Waals surface area contributed by atoms with Crippen LogP contribution in [0.2, 0.25) is 31.6 Å². The molecular formula is C48H83B5N10. The molecule has 10 radical (unpaired) electrons. The fourth-order valence-corrected chi connectivity index (χ4v) is 3.35. The summed E-state index contributed by atoms with van der Waals surface area (Å²) in [7, 11) is 26.4. The van der Waals surface area contributed by atoms with E-state index < -0.39 is 27.1 Å². The Balaban J connectivity index is -0.0000000426. The molecule has 0 heterocycles. The van der Waals surface area contributed by atoms with Crippen molar-refractivity contribution < 1.29 is 0 Å². The predicted molar refractivity (Wildman–Crippen MR) is 272 cm³/mol. The molecule has 0 aromatic heterocycles. The average Bonchev–Trinajstić information content (AvgIpc) is 3.20. The second kappa shape index (κ2) is 52.8. The van der Waals surface area contributed by atoms with Crippen LogP contribution in [-0.2, 0) is 0 Å². The van der Waals surface area contributed by atoms with Crippen LogP contribution < -0.4 is 0 Å². The molecule has 0 aliphatic heterocycles. The molecule has 0 N–H and O–H groups in total. The van der Waals surface area contributed by atoms with Gasteiger partial charge in [-0.25, -0.2) is 0 Å². The molecule has 0 bridgehead atoms. The maximum atomic E-state index is 8.80. The number of hydrogen-bond donors (Lipinski definition) is 0. The summed E-state index contributed by atoms with van der Waals surface area (Å²) in [5, 5.41) is 83.9. The SMILES string of the molecule is C.C.C.C.C.C.C=C(C)C#N.C=C(C)C#N.[B]CC(C)(C#N)CC(C)(C)C#N.[B]CC(C)(C#N)CC(C)(C)C#N.[B]CC(C)(C#N)CC(C)C#N.[B]CC(C)C#N.[B]CC(C)C#N. The van der Waals surface area contributed by atoms with Gasteiger partial charge in [-0.2, -0.15) is 52.6 Å². The van der Waals surface area contributed by atoms with Crippen molar-refractivity contribution in [3.8, 4) is 60.7 Å². The Morgan fingerprint density at radius 2 is 0.635 bits per heavy atom. The molecule has 6 atom stereocenters. The van der Waals surface area contributed by atoms with Crippen LogP contribution in [0.3, 0.4) is 0 Å². The van der Waals surface area contributed by atoms with Gasteiger partial charge in [0, 0.05) is 45.1 Å². The van der Waals surface area contributed by atoms with Gasteiger partial charge >= 0.3 is 0 Å². The Hall–Kier alpha value is -5.30. The second-order valence-electron chi connectivity index (χ2n) is 15.5. The van der Waals surface area contributed by atoms with Gasteiger partial charge in [-0.3, -0.25) is 0 Å². The molecule has 0 fully saturated rings. The largest absolute Gasteiger partial charge is 0.198 e. The van der Waals surface area contributed by atoms with Gasteiger partial charge in [0.2, 0.25) is 0 Å². The first-order chi connectivity index (χ1) is 26.0. The van der Waals surface area contributed by atoms with Crippen molar-refractivity contribution in [1.82, 2.24) is 0 Å². The van der Waals surface area contributed by atoms with E-state index in [-0.39, 0.29) is 62.3 Å². The number of rotatable bonds is 11. The molecule has 0 saturated heterocycles. The lowest BCUT2D eigenvalue weighted by Gasteiger charge is -2.26. The van der Waals surface area contributed by atoms with E-state index in [1.165, 1.54) is 0 Å². The molecule has 0 aliphatic rings. The van der Waals surface area contributed by atoms with E-state index in [1.54, 1.807) is 55.4 Å². The van der Waals surface area contributed by atoms with Gasteiger partial charge in [0.15, 0.2) is 0 Å². The van der Waals surface area contributed by atoms with E-state index in [2.05, 4.69) is 49.6 Å². The second-order valence-corrected chi connectivity index (χ2v) is 15.5. The summed E-state index contributed by atoms with van der Waals surface area (Å²) in [4.78, 5) is 0. The normalized spacial score (nSPS) is 12.3. The van der Waals surface area contributed by atoms with Crippen LogP contribution in [0.5, 0.6) is 0 Å². The van der Waals surface area contributed by atoms with E-state index >= 15 is 0 Å². The van der Waals surface area contributed by atoms with Crippen LogP contribution in [0.1, 0.15) is 147 Å². The highest BCUT2D eigenvalue weighted by atomic mass is 14.4. The molecule has 63 heavy (non-hydrogen) atoms. The molecule has 15 heteroatoms. The van der Waals surface area contributed by atoms with Crippen molar-refractivity contribution in [3.63, 3.8) is 0 Å². The third kappa shape index (κ3) is 68.7. The fourth-order valence-electron chi connectivity index (χ4n) is 3.35. The van der Waals surface area contributed by atoms with Crippen LogP contribution in [0.4, 0.5) is 0 Å². The Kier molecular flexibility index (Phi) is 77.9. The van der Waals surface area contributed by atoms with E-state index in [9.17, 15) is 0 Å². The number of hydrogen-bond acceptors (Lipinski definition) is 10. The van der Waals surface area contributed by atoms with Crippen molar-refractivity contribution in [3.05, 3.63) is 24.3 Å². The third-order valence-corrected chi connectivity index (χ3v) is 6.94. The van der Waals surface area contributed by atoms with Crippen molar-refractivity contribution in [2.24, 2.45) is 44.8 Å². The lowest BCUT2D eigenvalue weighted by atomic mass is 9.69. The molecular weight excluding hydrogens is 771 g/mol. The predicted octanol–water partition coefficient (Wildman–Crippen LogP) is 13.2. The molecule has 6 unspecified atom stereocenters. The first-order valence-corrected chi connectivity index (χ1v) is 17.9. The Morgan fingerprint density at radius 3 is 0.730 bits per heavy atom. The highest BCUT2D eigenvalue weighted by molar-refractivity contribution is 6.10. The fraction of sp³-hybridized carbons (Fsp3) is 0.708. The van der Waals surface area contributed by atoms with Crippen LogP contribution in [0, 0.1) is 158 Å². The van der Waals surface area contributed by atoms with E-state index in [4.69, 9.17) is 91.9 Å². The molecule has 0 aliphatic carbocycles. The summed E-state index contributed by atoms with van der Waals surface area (Å²) in [6, 6.07) is 20.4. The minimum absolute atomic E-state index is 0. The first kappa shape index (κ1) is 92.8. The molecule has 0 spiro atoms.